The van der Waals surface area contributed by atoms with Crippen LogP contribution in [0.2, 0.25) is 0 Å². The molecule has 0 spiro atoms. The number of aryl methyl sites for hydroxylation is 2. The lowest BCUT2D eigenvalue weighted by molar-refractivity contribution is -0.154. The van der Waals surface area contributed by atoms with E-state index < -0.39 is 135 Å². The van der Waals surface area contributed by atoms with Crippen LogP contribution in [0, 0.1) is 31.3 Å². The number of Topliss-reactive ketones (excluding diaryl/α,β-unsaturated/α-hetero) is 2. The Hall–Kier alpha value is -8.19. The standard InChI is InChI=1S/C30H36F3N3O5S.C24H27F3N4O3S.C21H30FN3O3S/c1-17-12-19(40-27(32)33)16-34-26(17)22(37)14-18-8-9-21(31)20(13-18)30(7)24-10-11-35-42(24,39)29(5,6)23(36-30)15-25(38)41-28(2,3)4;1-13-9-15(34-22(26)27)12-29-20(13)18(32)11-14-5-6-17(25)16(10-14)24(4)19-7-8-30-35(19,33)23(2,3)21(28)31-24;1-19(2,3)28-18(26)12-16-20(4,5)29(27)17(9-10-24-29)21(6,25-16)14-11-13(23)7-8-15(14)22/h8-9,12-13,16,24,27H,10-11,14-15H2,1-7H3;5-6,9-10,12,19,22H,7-8,11H2,1-4H3,(H2,28,31);7-8,11,17H,9-10,12,23H2,1-6H3/t24-,30+,42+;19-,24+,35+;17-,21+,29+/m000/s1. The minimum Gasteiger partial charge on any atom is -0.460 e. The van der Waals surface area contributed by atoms with Crippen molar-refractivity contribution in [3.8, 4) is 11.5 Å². The molecule has 0 saturated carbocycles. The average Bonchev–Trinajstić information content (AvgIpc) is 1.34. The maximum absolute atomic E-state index is 15.6. The number of pyridine rings is 2. The number of benzene rings is 3. The highest BCUT2D eigenvalue weighted by Gasteiger charge is 2.60. The van der Waals surface area contributed by atoms with Crippen LogP contribution in [-0.4, -0.2) is 137 Å². The fraction of sp³-hybridized carbons (Fsp3) is 0.533. The molecule has 0 unspecified atom stereocenters. The lowest BCUT2D eigenvalue weighted by Gasteiger charge is -2.46. The minimum absolute atomic E-state index is 0.0726. The number of carbonyl (C=O) groups excluding carboxylic acids is 4. The average molecular weight is 1540 g/mol. The maximum atomic E-state index is 15.6. The van der Waals surface area contributed by atoms with Crippen LogP contribution >= 0.6 is 0 Å². The number of esters is 2. The number of amidine groups is 1. The normalized spacial score (nSPS) is 27.3. The SMILES string of the molecule is CC(C)(C)OC(=O)CC1=N[C@](C)(c2cc(N)ccc2F)[C@@H]2CCN=[S@]2(=O)C1(C)C.Cc1cc(OC(F)F)cnc1C(=O)Cc1ccc(F)c([C@@]2(C)N=C(CC(=O)OC(C)(C)C)C(C)(C)[S@@]3(=O)=NCC[C@@H]23)c1.Cc1cc(OC(F)F)cnc1C(=O)Cc1ccc(F)c([C@@]2(C)N=C(N)C(C)(C)[S@@]3(=O)=NCC[C@@H]23)c1. The van der Waals surface area contributed by atoms with Crippen molar-refractivity contribution in [1.82, 2.24) is 9.97 Å². The first-order valence-electron chi connectivity index (χ1n) is 34.5. The van der Waals surface area contributed by atoms with Crippen molar-refractivity contribution in [2.75, 3.05) is 25.4 Å². The van der Waals surface area contributed by atoms with E-state index in [0.717, 1.165) is 12.4 Å². The lowest BCUT2D eigenvalue weighted by atomic mass is 9.84. The monoisotopic (exact) mass is 1540 g/mol. The van der Waals surface area contributed by atoms with E-state index in [1.54, 1.807) is 130 Å². The van der Waals surface area contributed by atoms with E-state index in [-0.39, 0.29) is 76.9 Å². The van der Waals surface area contributed by atoms with Crippen molar-refractivity contribution in [3.63, 3.8) is 0 Å². The fourth-order valence-electron chi connectivity index (χ4n) is 14.8. The zero-order valence-corrected chi connectivity index (χ0v) is 65.0. The maximum Gasteiger partial charge on any atom is 0.387 e. The molecule has 8 heterocycles. The van der Waals surface area contributed by atoms with Gasteiger partial charge in [-0.25, -0.2) is 48.9 Å². The van der Waals surface area contributed by atoms with Crippen LogP contribution in [0.5, 0.6) is 11.5 Å². The van der Waals surface area contributed by atoms with Crippen LogP contribution in [0.25, 0.3) is 0 Å². The molecule has 6 aliphatic heterocycles. The predicted molar refractivity (Wildman–Crippen MR) is 394 cm³/mol. The molecule has 576 valence electrons. The molecule has 0 saturated heterocycles. The first kappa shape index (κ1) is 81.9. The highest BCUT2D eigenvalue weighted by molar-refractivity contribution is 7.97. The highest BCUT2D eigenvalue weighted by atomic mass is 32.2. The van der Waals surface area contributed by atoms with Crippen LogP contribution in [0.15, 0.2) is 107 Å². The van der Waals surface area contributed by atoms with Crippen LogP contribution in [-0.2, 0) is 77.7 Å². The van der Waals surface area contributed by atoms with Gasteiger partial charge in [0.1, 0.15) is 78.7 Å². The molecule has 106 heavy (non-hydrogen) atoms. The van der Waals surface area contributed by atoms with E-state index >= 15 is 8.78 Å². The number of nitrogen functional groups attached to an aromatic ring is 1. The molecule has 21 nitrogen and oxygen atoms in total. The van der Waals surface area contributed by atoms with Crippen LogP contribution < -0.4 is 20.9 Å². The van der Waals surface area contributed by atoms with Gasteiger partial charge in [-0.3, -0.25) is 34.2 Å². The highest BCUT2D eigenvalue weighted by Crippen LogP contribution is 2.52. The van der Waals surface area contributed by atoms with E-state index in [1.165, 1.54) is 54.6 Å². The summed E-state index contributed by atoms with van der Waals surface area (Å²) < 4.78 is 168. The Balaban J connectivity index is 0.000000187. The summed E-state index contributed by atoms with van der Waals surface area (Å²) in [6.45, 7) is 24.6. The minimum atomic E-state index is -3.02. The third kappa shape index (κ3) is 15.8. The van der Waals surface area contributed by atoms with E-state index in [4.69, 9.17) is 30.9 Å². The third-order valence-corrected chi connectivity index (χ3v) is 31.5. The van der Waals surface area contributed by atoms with Crippen LogP contribution in [0.4, 0.5) is 36.4 Å². The van der Waals surface area contributed by atoms with E-state index in [1.807, 2.05) is 0 Å². The quantitative estimate of drug-likeness (QED) is 0.0378. The predicted octanol–water partition coefficient (Wildman–Crippen LogP) is 14.0. The summed E-state index contributed by atoms with van der Waals surface area (Å²) >= 11 is 0. The zero-order chi connectivity index (χ0) is 78.8. The molecule has 3 aromatic carbocycles. The van der Waals surface area contributed by atoms with Crippen molar-refractivity contribution in [3.05, 3.63) is 147 Å². The second-order valence-corrected chi connectivity index (χ2v) is 40.2. The van der Waals surface area contributed by atoms with Crippen molar-refractivity contribution < 1.29 is 81.5 Å². The third-order valence-electron chi connectivity index (χ3n) is 20.3. The fourth-order valence-corrected chi connectivity index (χ4v) is 24.5. The van der Waals surface area contributed by atoms with Crippen molar-refractivity contribution in [2.45, 2.75) is 234 Å². The zero-order valence-electron chi connectivity index (χ0n) is 62.6. The van der Waals surface area contributed by atoms with E-state index in [2.05, 4.69) is 37.5 Å². The number of carbonyl (C=O) groups is 4. The molecule has 0 bridgehead atoms. The molecule has 0 radical (unpaired) electrons. The van der Waals surface area contributed by atoms with Gasteiger partial charge in [0.05, 0.1) is 79.7 Å². The molecule has 0 aliphatic carbocycles. The molecule has 4 N–H and O–H groups in total. The molecule has 6 aliphatic rings. The molecule has 0 amide bonds. The molecule has 11 rings (SSSR count). The van der Waals surface area contributed by atoms with Crippen LogP contribution in [0.1, 0.15) is 196 Å². The first-order valence-corrected chi connectivity index (χ1v) is 39.3. The number of ketones is 2. The summed E-state index contributed by atoms with van der Waals surface area (Å²) in [4.78, 5) is 73.9. The summed E-state index contributed by atoms with van der Waals surface area (Å²) in [5.41, 5.74) is 10.7. The summed E-state index contributed by atoms with van der Waals surface area (Å²) in [5.74, 6) is -3.54. The van der Waals surface area contributed by atoms with Crippen molar-refractivity contribution in [2.24, 2.45) is 33.8 Å². The van der Waals surface area contributed by atoms with Gasteiger partial charge in [0.15, 0.2) is 11.6 Å². The summed E-state index contributed by atoms with van der Waals surface area (Å²) in [5, 5.41) is -1.64. The van der Waals surface area contributed by atoms with Crippen molar-refractivity contribution in [1.29, 1.82) is 0 Å². The Kier molecular flexibility index (Phi) is 22.7. The molecule has 0 fully saturated rings. The summed E-state index contributed by atoms with van der Waals surface area (Å²) in [6.07, 6.45) is 2.93. The van der Waals surface area contributed by atoms with Gasteiger partial charge in [-0.15, -0.1) is 0 Å². The van der Waals surface area contributed by atoms with Gasteiger partial charge < -0.3 is 30.4 Å². The Bertz CT molecular complexity index is 4870. The number of aromatic nitrogens is 2. The molecular formula is C75H93F7N10O11S3. The Morgan fingerprint density at radius 2 is 0.821 bits per heavy atom. The number of alkyl halides is 4. The number of halogens is 7. The largest absolute Gasteiger partial charge is 0.460 e. The molecule has 2 aromatic heterocycles. The first-order chi connectivity index (χ1) is 48.9. The van der Waals surface area contributed by atoms with E-state index in [9.17, 15) is 53.8 Å². The number of ether oxygens (including phenoxy) is 4. The Morgan fingerprint density at radius 1 is 0.491 bits per heavy atom. The number of hydrogen-bond acceptors (Lipinski definition) is 21. The van der Waals surface area contributed by atoms with Gasteiger partial charge >= 0.3 is 25.2 Å². The number of fused-ring (bicyclic) bond motifs is 3. The number of hydrogen-bond donors (Lipinski definition) is 2. The smallest absolute Gasteiger partial charge is 0.387 e. The van der Waals surface area contributed by atoms with Gasteiger partial charge in [0.2, 0.25) is 0 Å². The number of rotatable bonds is 17. The number of nitrogens with zero attached hydrogens (tertiary/aromatic N) is 8. The van der Waals surface area contributed by atoms with Gasteiger partial charge in [-0.1, -0.05) is 12.1 Å². The van der Waals surface area contributed by atoms with E-state index in [0.29, 0.717) is 78.3 Å². The lowest BCUT2D eigenvalue weighted by Crippen LogP contribution is -2.58. The van der Waals surface area contributed by atoms with Crippen LogP contribution in [0.3, 0.4) is 0 Å². The Morgan fingerprint density at radius 3 is 1.16 bits per heavy atom. The number of aliphatic imine (C=N–C) groups is 3. The van der Waals surface area contributed by atoms with Gasteiger partial charge in [0.25, 0.3) is 0 Å². The van der Waals surface area contributed by atoms with Gasteiger partial charge in [-0.05, 0) is 214 Å². The molecule has 5 aromatic rings. The Labute approximate surface area is 615 Å². The van der Waals surface area contributed by atoms with Crippen molar-refractivity contribution >= 4 is 75.6 Å². The van der Waals surface area contributed by atoms with Gasteiger partial charge in [-0.2, -0.15) is 17.6 Å². The number of anilines is 1. The molecule has 9 atom stereocenters. The summed E-state index contributed by atoms with van der Waals surface area (Å²) in [6, 6.07) is 15.5. The topological polar surface area (TPSA) is 308 Å². The summed E-state index contributed by atoms with van der Waals surface area (Å²) in [7, 11) is -8.66. The molecule has 31 heteroatoms. The second kappa shape index (κ2) is 29.4. The van der Waals surface area contributed by atoms with Gasteiger partial charge in [0, 0.05) is 66.3 Å². The molecular weight excluding hydrogens is 1450 g/mol. The number of nitrogens with two attached hydrogens (primary N) is 2. The second-order valence-electron chi connectivity index (χ2n) is 31.2.